The normalized spacial score (nSPS) is 14.9. The summed E-state index contributed by atoms with van der Waals surface area (Å²) in [6.45, 7) is 0.756. The van der Waals surface area contributed by atoms with Gasteiger partial charge in [-0.25, -0.2) is 9.97 Å². The number of amides is 2. The second-order valence-corrected chi connectivity index (χ2v) is 10.1. The highest BCUT2D eigenvalue weighted by Gasteiger charge is 2.30. The molecule has 0 saturated heterocycles. The molecule has 6 rings (SSSR count). The Kier molecular flexibility index (Phi) is 6.84. The quantitative estimate of drug-likeness (QED) is 0.263. The van der Waals surface area contributed by atoms with E-state index in [1.807, 2.05) is 48.5 Å². The third-order valence-corrected chi connectivity index (χ3v) is 7.21. The number of fused-ring (bicyclic) bond motifs is 3. The second kappa shape index (κ2) is 10.8. The van der Waals surface area contributed by atoms with E-state index in [1.165, 1.54) is 7.11 Å². The minimum Gasteiger partial charge on any atom is -0.469 e. The smallest absolute Gasteiger partial charge is 0.308 e. The maximum atomic E-state index is 14.0. The van der Waals surface area contributed by atoms with Crippen molar-refractivity contribution in [3.05, 3.63) is 89.5 Å². The average molecular weight is 552 g/mol. The zero-order valence-corrected chi connectivity index (χ0v) is 22.7. The fraction of sp³-hybridized carbons (Fsp3) is 0.233. The summed E-state index contributed by atoms with van der Waals surface area (Å²) in [6, 6.07) is 20.0. The number of hydrogen-bond acceptors (Lipinski definition) is 7. The standard InChI is InChI=1S/C30H29N7O4/c1-36-15-19-13-18(11-12-20(19)31-25(30(36)40)14-28(38)41-2)29(39)37(16-26-32-21-7-3-4-8-22(21)33-26)17-27-34-23-9-5-6-10-24(23)35-27/h3-13,25,31H,14-17H2,1-2H3,(H,32,33)(H,34,35)/t25-/m0/s1. The zero-order chi connectivity index (χ0) is 28.5. The molecule has 0 saturated carbocycles. The van der Waals surface area contributed by atoms with Crippen LogP contribution >= 0.6 is 0 Å². The molecule has 1 aliphatic heterocycles. The molecule has 11 heteroatoms. The molecule has 0 bridgehead atoms. The minimum atomic E-state index is -0.757. The van der Waals surface area contributed by atoms with Crippen LogP contribution in [-0.2, 0) is 34.0 Å². The van der Waals surface area contributed by atoms with Crippen LogP contribution < -0.4 is 5.32 Å². The third-order valence-electron chi connectivity index (χ3n) is 7.21. The van der Waals surface area contributed by atoms with Crippen molar-refractivity contribution in [1.29, 1.82) is 0 Å². The average Bonchev–Trinajstić information content (AvgIpc) is 3.56. The SMILES string of the molecule is COC(=O)C[C@@H]1Nc2ccc(C(=O)N(Cc3nc4ccccc4[nH]3)Cc3nc4ccccc4[nH]3)cc2CN(C)C1=O. The highest BCUT2D eigenvalue weighted by atomic mass is 16.5. The van der Waals surface area contributed by atoms with E-state index in [0.717, 1.165) is 27.6 Å². The predicted molar refractivity (Wildman–Crippen MR) is 153 cm³/mol. The Morgan fingerprint density at radius 2 is 1.56 bits per heavy atom. The molecule has 3 aromatic carbocycles. The number of para-hydroxylation sites is 4. The van der Waals surface area contributed by atoms with Crippen LogP contribution in [0.15, 0.2) is 66.7 Å². The van der Waals surface area contributed by atoms with Gasteiger partial charge in [0, 0.05) is 24.8 Å². The van der Waals surface area contributed by atoms with Crippen molar-refractivity contribution < 1.29 is 19.1 Å². The topological polar surface area (TPSA) is 136 Å². The van der Waals surface area contributed by atoms with Gasteiger partial charge in [0.2, 0.25) is 5.91 Å². The number of imidazole rings is 2. The molecule has 0 radical (unpaired) electrons. The summed E-state index contributed by atoms with van der Waals surface area (Å²) in [7, 11) is 2.97. The van der Waals surface area contributed by atoms with Gasteiger partial charge in [-0.15, -0.1) is 0 Å². The van der Waals surface area contributed by atoms with E-state index in [4.69, 9.17) is 4.74 Å². The summed E-state index contributed by atoms with van der Waals surface area (Å²) in [5.41, 5.74) is 5.35. The van der Waals surface area contributed by atoms with E-state index >= 15 is 0 Å². The van der Waals surface area contributed by atoms with Crippen molar-refractivity contribution in [3.63, 3.8) is 0 Å². The molecule has 2 amide bonds. The number of likely N-dealkylation sites (N-methyl/N-ethyl adjacent to an activating group) is 1. The van der Waals surface area contributed by atoms with E-state index in [2.05, 4.69) is 25.3 Å². The Labute approximate surface area is 235 Å². The Hall–Kier alpha value is -5.19. The van der Waals surface area contributed by atoms with Gasteiger partial charge in [-0.2, -0.15) is 0 Å². The largest absolute Gasteiger partial charge is 0.469 e. The Bertz CT molecular complexity index is 1630. The summed E-state index contributed by atoms with van der Waals surface area (Å²) in [4.78, 5) is 58.0. The lowest BCUT2D eigenvalue weighted by molar-refractivity contribution is -0.143. The molecule has 3 N–H and O–H groups in total. The van der Waals surface area contributed by atoms with Crippen LogP contribution in [-0.4, -0.2) is 67.7 Å². The van der Waals surface area contributed by atoms with Gasteiger partial charge in [0.05, 0.1) is 48.7 Å². The fourth-order valence-corrected chi connectivity index (χ4v) is 5.14. The number of nitrogens with one attached hydrogen (secondary N) is 3. The number of anilines is 1. The first-order valence-corrected chi connectivity index (χ1v) is 13.3. The molecule has 0 spiro atoms. The monoisotopic (exact) mass is 551 g/mol. The number of benzene rings is 3. The van der Waals surface area contributed by atoms with Crippen molar-refractivity contribution >= 4 is 45.5 Å². The molecule has 2 aromatic heterocycles. The van der Waals surface area contributed by atoms with Gasteiger partial charge in [-0.3, -0.25) is 14.4 Å². The lowest BCUT2D eigenvalue weighted by Gasteiger charge is -2.22. The molecule has 1 aliphatic rings. The van der Waals surface area contributed by atoms with Gasteiger partial charge in [0.25, 0.3) is 5.91 Å². The number of ether oxygens (including phenoxy) is 1. The van der Waals surface area contributed by atoms with Crippen molar-refractivity contribution in [3.8, 4) is 0 Å². The fourth-order valence-electron chi connectivity index (χ4n) is 5.14. The van der Waals surface area contributed by atoms with Crippen molar-refractivity contribution in [2.45, 2.75) is 32.1 Å². The van der Waals surface area contributed by atoms with Crippen molar-refractivity contribution in [2.24, 2.45) is 0 Å². The number of aromatic amines is 2. The number of carbonyl (C=O) groups is 3. The van der Waals surface area contributed by atoms with Gasteiger partial charge in [-0.1, -0.05) is 24.3 Å². The van der Waals surface area contributed by atoms with Crippen LogP contribution in [0, 0.1) is 0 Å². The lowest BCUT2D eigenvalue weighted by Crippen LogP contribution is -2.39. The Balaban J connectivity index is 1.31. The van der Waals surface area contributed by atoms with Crippen LogP contribution in [0.4, 0.5) is 5.69 Å². The number of H-pyrrole nitrogens is 2. The first-order chi connectivity index (χ1) is 19.9. The highest BCUT2D eigenvalue weighted by molar-refractivity contribution is 5.96. The van der Waals surface area contributed by atoms with E-state index in [-0.39, 0.29) is 37.9 Å². The Morgan fingerprint density at radius 3 is 2.15 bits per heavy atom. The van der Waals surface area contributed by atoms with Crippen LogP contribution in [0.25, 0.3) is 22.1 Å². The number of aromatic nitrogens is 4. The van der Waals surface area contributed by atoms with Gasteiger partial charge in [-0.05, 0) is 48.0 Å². The molecule has 0 aliphatic carbocycles. The molecule has 0 unspecified atom stereocenters. The summed E-state index contributed by atoms with van der Waals surface area (Å²) >= 11 is 0. The molecule has 1 atom stereocenters. The summed E-state index contributed by atoms with van der Waals surface area (Å²) in [5.74, 6) is 0.395. The first-order valence-electron chi connectivity index (χ1n) is 13.3. The van der Waals surface area contributed by atoms with E-state index in [1.54, 1.807) is 35.0 Å². The van der Waals surface area contributed by atoms with Gasteiger partial charge in [0.15, 0.2) is 0 Å². The molecule has 0 fully saturated rings. The summed E-state index contributed by atoms with van der Waals surface area (Å²) in [5, 5.41) is 3.16. The van der Waals surface area contributed by atoms with Gasteiger partial charge in [0.1, 0.15) is 17.7 Å². The predicted octanol–water partition coefficient (Wildman–Crippen LogP) is 3.60. The number of nitrogens with zero attached hydrogens (tertiary/aromatic N) is 4. The zero-order valence-electron chi connectivity index (χ0n) is 22.7. The van der Waals surface area contributed by atoms with Gasteiger partial charge < -0.3 is 29.8 Å². The number of esters is 1. The van der Waals surface area contributed by atoms with Crippen LogP contribution in [0.3, 0.4) is 0 Å². The third kappa shape index (κ3) is 5.33. The van der Waals surface area contributed by atoms with Crippen LogP contribution in [0.2, 0.25) is 0 Å². The molecule has 5 aromatic rings. The highest BCUT2D eigenvalue weighted by Crippen LogP contribution is 2.26. The number of hydrogen-bond donors (Lipinski definition) is 3. The first kappa shape index (κ1) is 26.1. The van der Waals surface area contributed by atoms with Crippen molar-refractivity contribution in [2.75, 3.05) is 19.5 Å². The molecule has 208 valence electrons. The van der Waals surface area contributed by atoms with Crippen LogP contribution in [0.1, 0.15) is 34.0 Å². The maximum Gasteiger partial charge on any atom is 0.308 e. The molecule has 41 heavy (non-hydrogen) atoms. The maximum absolute atomic E-state index is 14.0. The van der Waals surface area contributed by atoms with E-state index in [0.29, 0.717) is 22.9 Å². The van der Waals surface area contributed by atoms with E-state index in [9.17, 15) is 14.4 Å². The molecular formula is C30H29N7O4. The van der Waals surface area contributed by atoms with Crippen molar-refractivity contribution in [1.82, 2.24) is 29.7 Å². The number of carbonyl (C=O) groups excluding carboxylic acids is 3. The number of methoxy groups -OCH3 is 1. The second-order valence-electron chi connectivity index (χ2n) is 10.1. The lowest BCUT2D eigenvalue weighted by atomic mass is 10.1. The summed E-state index contributed by atoms with van der Waals surface area (Å²) in [6.07, 6.45) is -0.0947. The van der Waals surface area contributed by atoms with Crippen LogP contribution in [0.5, 0.6) is 0 Å². The van der Waals surface area contributed by atoms with Gasteiger partial charge >= 0.3 is 5.97 Å². The Morgan fingerprint density at radius 1 is 0.951 bits per heavy atom. The molecule has 11 nitrogen and oxygen atoms in total. The molecule has 3 heterocycles. The van der Waals surface area contributed by atoms with E-state index < -0.39 is 12.0 Å². The molecular weight excluding hydrogens is 522 g/mol. The summed E-state index contributed by atoms with van der Waals surface area (Å²) < 4.78 is 4.76. The number of rotatable bonds is 7. The minimum absolute atomic E-state index is 0.0947.